The highest BCUT2D eigenvalue weighted by Crippen LogP contribution is 2.07. The van der Waals surface area contributed by atoms with Crippen LogP contribution in [0.25, 0.3) is 0 Å². The van der Waals surface area contributed by atoms with E-state index < -0.39 is 12.3 Å². The molecule has 0 rings (SSSR count). The van der Waals surface area contributed by atoms with Gasteiger partial charge in [-0.25, -0.2) is 9.59 Å². The summed E-state index contributed by atoms with van der Waals surface area (Å²) >= 11 is 0. The zero-order valence-corrected chi connectivity index (χ0v) is 10.6. The standard InChI is InChI=1S/C12H18O7/c1-9(18-11(13)14)5-3-7-17-8-4-6-10(2)19-12(15)16/h1-8H2,(H,13,14)(H,15,16). The highest BCUT2D eigenvalue weighted by molar-refractivity contribution is 5.58. The Labute approximate surface area is 111 Å². The van der Waals surface area contributed by atoms with Crippen LogP contribution in [0, 0.1) is 0 Å². The number of allylic oxidation sites excluding steroid dienone is 2. The summed E-state index contributed by atoms with van der Waals surface area (Å²) in [7, 11) is 0. The smallest absolute Gasteiger partial charge is 0.449 e. The summed E-state index contributed by atoms with van der Waals surface area (Å²) in [5.41, 5.74) is 0. The molecule has 19 heavy (non-hydrogen) atoms. The van der Waals surface area contributed by atoms with E-state index in [1.165, 1.54) is 0 Å². The average Bonchev–Trinajstić information content (AvgIpc) is 2.25. The van der Waals surface area contributed by atoms with Crippen LogP contribution in [0.15, 0.2) is 24.7 Å². The maximum absolute atomic E-state index is 10.1. The molecule has 0 spiro atoms. The summed E-state index contributed by atoms with van der Waals surface area (Å²) in [4.78, 5) is 20.3. The molecular formula is C12H18O7. The van der Waals surface area contributed by atoms with Gasteiger partial charge in [0.15, 0.2) is 0 Å². The van der Waals surface area contributed by atoms with Crippen LogP contribution in [0.3, 0.4) is 0 Å². The summed E-state index contributed by atoms with van der Waals surface area (Å²) in [6, 6.07) is 0. The average molecular weight is 274 g/mol. The Balaban J connectivity index is 3.36. The predicted molar refractivity (Wildman–Crippen MR) is 65.8 cm³/mol. The van der Waals surface area contributed by atoms with E-state index in [0.717, 1.165) is 0 Å². The Kier molecular flexibility index (Phi) is 8.90. The number of rotatable bonds is 10. The second-order valence-corrected chi connectivity index (χ2v) is 3.63. The minimum atomic E-state index is -1.37. The second-order valence-electron chi connectivity index (χ2n) is 3.63. The van der Waals surface area contributed by atoms with Gasteiger partial charge in [-0.15, -0.1) is 0 Å². The van der Waals surface area contributed by atoms with Gasteiger partial charge in [0, 0.05) is 26.1 Å². The number of ether oxygens (including phenoxy) is 3. The number of carbonyl (C=O) groups is 2. The fourth-order valence-corrected chi connectivity index (χ4v) is 1.19. The van der Waals surface area contributed by atoms with E-state index >= 15 is 0 Å². The van der Waals surface area contributed by atoms with E-state index in [9.17, 15) is 9.59 Å². The summed E-state index contributed by atoms with van der Waals surface area (Å²) in [6.45, 7) is 7.75. The van der Waals surface area contributed by atoms with Gasteiger partial charge in [-0.3, -0.25) is 0 Å². The van der Waals surface area contributed by atoms with Crippen molar-refractivity contribution in [2.75, 3.05) is 13.2 Å². The molecule has 0 saturated carbocycles. The van der Waals surface area contributed by atoms with Crippen LogP contribution in [-0.2, 0) is 14.2 Å². The lowest BCUT2D eigenvalue weighted by Gasteiger charge is -2.06. The molecule has 0 unspecified atom stereocenters. The topological polar surface area (TPSA) is 102 Å². The Morgan fingerprint density at radius 1 is 0.842 bits per heavy atom. The first-order valence-electron chi connectivity index (χ1n) is 5.66. The largest absolute Gasteiger partial charge is 0.510 e. The van der Waals surface area contributed by atoms with Crippen molar-refractivity contribution >= 4 is 12.3 Å². The molecule has 2 N–H and O–H groups in total. The maximum atomic E-state index is 10.1. The van der Waals surface area contributed by atoms with Gasteiger partial charge in [0.2, 0.25) is 0 Å². The van der Waals surface area contributed by atoms with Crippen molar-refractivity contribution in [1.82, 2.24) is 0 Å². The molecule has 0 aromatic carbocycles. The van der Waals surface area contributed by atoms with Crippen LogP contribution in [0.1, 0.15) is 25.7 Å². The van der Waals surface area contributed by atoms with E-state index in [1.54, 1.807) is 0 Å². The molecule has 0 saturated heterocycles. The molecule has 7 heteroatoms. The van der Waals surface area contributed by atoms with Gasteiger partial charge in [-0.2, -0.15) is 0 Å². The molecule has 0 heterocycles. The maximum Gasteiger partial charge on any atom is 0.510 e. The van der Waals surface area contributed by atoms with E-state index in [2.05, 4.69) is 22.6 Å². The second kappa shape index (κ2) is 9.95. The van der Waals surface area contributed by atoms with Crippen LogP contribution in [0.5, 0.6) is 0 Å². The Morgan fingerprint density at radius 2 is 1.21 bits per heavy atom. The molecular weight excluding hydrogens is 256 g/mol. The lowest BCUT2D eigenvalue weighted by Crippen LogP contribution is -2.03. The van der Waals surface area contributed by atoms with Crippen LogP contribution < -0.4 is 0 Å². The molecule has 0 aromatic rings. The van der Waals surface area contributed by atoms with Crippen molar-refractivity contribution in [1.29, 1.82) is 0 Å². The summed E-state index contributed by atoms with van der Waals surface area (Å²) in [5, 5.41) is 16.6. The van der Waals surface area contributed by atoms with E-state index in [1.807, 2.05) is 0 Å². The van der Waals surface area contributed by atoms with Gasteiger partial charge in [-0.1, -0.05) is 13.2 Å². The van der Waals surface area contributed by atoms with Crippen LogP contribution in [0.2, 0.25) is 0 Å². The highest BCUT2D eigenvalue weighted by Gasteiger charge is 2.03. The minimum absolute atomic E-state index is 0.180. The third-order valence-electron chi connectivity index (χ3n) is 1.95. The number of hydrogen-bond donors (Lipinski definition) is 2. The monoisotopic (exact) mass is 274 g/mol. The highest BCUT2D eigenvalue weighted by atomic mass is 16.7. The van der Waals surface area contributed by atoms with Crippen molar-refractivity contribution in [2.45, 2.75) is 25.7 Å². The zero-order chi connectivity index (χ0) is 14.7. The Hall–Kier alpha value is -2.02. The lowest BCUT2D eigenvalue weighted by molar-refractivity contribution is 0.103. The third kappa shape index (κ3) is 12.2. The molecule has 0 radical (unpaired) electrons. The van der Waals surface area contributed by atoms with Gasteiger partial charge >= 0.3 is 12.3 Å². The van der Waals surface area contributed by atoms with Crippen LogP contribution in [-0.4, -0.2) is 35.7 Å². The van der Waals surface area contributed by atoms with E-state index in [4.69, 9.17) is 14.9 Å². The van der Waals surface area contributed by atoms with Gasteiger partial charge in [0.25, 0.3) is 0 Å². The molecule has 0 atom stereocenters. The van der Waals surface area contributed by atoms with Crippen LogP contribution in [0.4, 0.5) is 9.59 Å². The number of hydrogen-bond acceptors (Lipinski definition) is 5. The fourth-order valence-electron chi connectivity index (χ4n) is 1.19. The minimum Gasteiger partial charge on any atom is -0.449 e. The molecule has 0 aromatic heterocycles. The Bertz CT molecular complexity index is 303. The molecule has 108 valence electrons. The van der Waals surface area contributed by atoms with Crippen molar-refractivity contribution in [3.63, 3.8) is 0 Å². The van der Waals surface area contributed by atoms with Crippen molar-refractivity contribution in [2.24, 2.45) is 0 Å². The fraction of sp³-hybridized carbons (Fsp3) is 0.500. The van der Waals surface area contributed by atoms with Crippen LogP contribution >= 0.6 is 0 Å². The predicted octanol–water partition coefficient (Wildman–Crippen LogP) is 2.98. The van der Waals surface area contributed by atoms with Gasteiger partial charge in [0.05, 0.1) is 0 Å². The first-order chi connectivity index (χ1) is 8.91. The quantitative estimate of drug-likeness (QED) is 0.358. The third-order valence-corrected chi connectivity index (χ3v) is 1.95. The molecule has 0 bridgehead atoms. The van der Waals surface area contributed by atoms with Gasteiger partial charge in [0.1, 0.15) is 11.5 Å². The molecule has 0 aliphatic carbocycles. The molecule has 0 aliphatic rings. The SMILES string of the molecule is C=C(CCCOCCCC(=C)OC(=O)O)OC(=O)O. The van der Waals surface area contributed by atoms with E-state index in [0.29, 0.717) is 38.9 Å². The van der Waals surface area contributed by atoms with Gasteiger partial charge in [-0.05, 0) is 12.8 Å². The lowest BCUT2D eigenvalue weighted by atomic mass is 10.3. The first-order valence-corrected chi connectivity index (χ1v) is 5.66. The molecule has 7 nitrogen and oxygen atoms in total. The van der Waals surface area contributed by atoms with Crippen molar-refractivity contribution in [3.05, 3.63) is 24.7 Å². The summed E-state index contributed by atoms with van der Waals surface area (Å²) in [5.74, 6) is 0.360. The normalized spacial score (nSPS) is 9.68. The molecule has 0 aliphatic heterocycles. The van der Waals surface area contributed by atoms with Crippen molar-refractivity contribution in [3.8, 4) is 0 Å². The van der Waals surface area contributed by atoms with E-state index in [-0.39, 0.29) is 11.5 Å². The van der Waals surface area contributed by atoms with Gasteiger partial charge < -0.3 is 24.4 Å². The summed E-state index contributed by atoms with van der Waals surface area (Å²) in [6.07, 6.45) is -0.745. The van der Waals surface area contributed by atoms with Crippen molar-refractivity contribution < 1.29 is 34.0 Å². The molecule has 0 fully saturated rings. The zero-order valence-electron chi connectivity index (χ0n) is 10.6. The summed E-state index contributed by atoms with van der Waals surface area (Å²) < 4.78 is 13.9. The number of carboxylic acid groups (broad SMARTS) is 2. The molecule has 0 amide bonds. The first kappa shape index (κ1) is 17.0. The Morgan fingerprint density at radius 3 is 1.53 bits per heavy atom.